The van der Waals surface area contributed by atoms with Crippen LogP contribution in [0.1, 0.15) is 51.9 Å². The maximum absolute atomic E-state index is 11.6. The average Bonchev–Trinajstić information content (AvgIpc) is 2.57. The van der Waals surface area contributed by atoms with Crippen molar-refractivity contribution in [2.75, 3.05) is 39.9 Å². The molecule has 1 fully saturated rings. The summed E-state index contributed by atoms with van der Waals surface area (Å²) in [5, 5.41) is 9.26. The lowest BCUT2D eigenvalue weighted by molar-refractivity contribution is -0.119. The molecule has 0 saturated heterocycles. The smallest absolute Gasteiger partial charge is 0.241 e. The Labute approximate surface area is 164 Å². The van der Waals surface area contributed by atoms with Crippen molar-refractivity contribution in [1.82, 2.24) is 16.0 Å². The van der Waals surface area contributed by atoms with Crippen LogP contribution in [0.5, 0.6) is 0 Å². The van der Waals surface area contributed by atoms with Gasteiger partial charge in [-0.2, -0.15) is 0 Å². The molecule has 0 atom stereocenters. The molecule has 6 nitrogen and oxygen atoms in total. The van der Waals surface area contributed by atoms with Gasteiger partial charge in [0.15, 0.2) is 5.96 Å². The molecule has 0 heterocycles. The van der Waals surface area contributed by atoms with E-state index in [-0.39, 0.29) is 36.4 Å². The predicted molar refractivity (Wildman–Crippen MR) is 110 cm³/mol. The van der Waals surface area contributed by atoms with Crippen LogP contribution in [-0.2, 0) is 9.53 Å². The molecule has 7 heteroatoms. The molecule has 0 radical (unpaired) electrons. The van der Waals surface area contributed by atoms with Gasteiger partial charge in [-0.05, 0) is 25.7 Å². The molecule has 1 saturated carbocycles. The van der Waals surface area contributed by atoms with Crippen LogP contribution in [0, 0.1) is 5.92 Å². The molecule has 0 aliphatic heterocycles. The highest BCUT2D eigenvalue weighted by molar-refractivity contribution is 14.0. The Morgan fingerprint density at radius 2 is 1.88 bits per heavy atom. The molecule has 1 rings (SSSR count). The molecule has 1 aliphatic rings. The summed E-state index contributed by atoms with van der Waals surface area (Å²) in [4.78, 5) is 16.0. The zero-order valence-electron chi connectivity index (χ0n) is 15.2. The van der Waals surface area contributed by atoms with Crippen LogP contribution in [-0.4, -0.2) is 51.8 Å². The van der Waals surface area contributed by atoms with E-state index in [4.69, 9.17) is 4.74 Å². The van der Waals surface area contributed by atoms with Gasteiger partial charge in [0.25, 0.3) is 0 Å². The van der Waals surface area contributed by atoms with E-state index in [1.807, 2.05) is 6.92 Å². The van der Waals surface area contributed by atoms with Gasteiger partial charge >= 0.3 is 0 Å². The summed E-state index contributed by atoms with van der Waals surface area (Å²) in [7, 11) is 1.62. The van der Waals surface area contributed by atoms with Gasteiger partial charge in [0, 0.05) is 26.7 Å². The van der Waals surface area contributed by atoms with Crippen LogP contribution >= 0.6 is 24.0 Å². The fourth-order valence-electron chi connectivity index (χ4n) is 2.91. The molecule has 0 spiro atoms. The molecular weight excluding hydrogens is 419 g/mol. The topological polar surface area (TPSA) is 74.8 Å². The fraction of sp³-hybridized carbons (Fsp3) is 0.882. The quantitative estimate of drug-likeness (QED) is 0.205. The summed E-state index contributed by atoms with van der Waals surface area (Å²) in [6.07, 6.45) is 9.48. The fourth-order valence-corrected chi connectivity index (χ4v) is 2.91. The third-order valence-electron chi connectivity index (χ3n) is 4.16. The number of halogens is 1. The number of guanidine groups is 1. The van der Waals surface area contributed by atoms with Crippen LogP contribution < -0.4 is 16.0 Å². The summed E-state index contributed by atoms with van der Waals surface area (Å²) in [6, 6.07) is 0. The van der Waals surface area contributed by atoms with Gasteiger partial charge in [0.05, 0.1) is 6.61 Å². The van der Waals surface area contributed by atoms with Crippen molar-refractivity contribution in [1.29, 1.82) is 0 Å². The summed E-state index contributed by atoms with van der Waals surface area (Å²) in [5.74, 6) is 1.55. The maximum Gasteiger partial charge on any atom is 0.241 e. The number of hydrogen-bond acceptors (Lipinski definition) is 3. The van der Waals surface area contributed by atoms with Crippen LogP contribution in [0.25, 0.3) is 0 Å². The van der Waals surface area contributed by atoms with Crippen LogP contribution in [0.2, 0.25) is 0 Å². The number of amides is 1. The molecular formula is C17H35IN4O2. The van der Waals surface area contributed by atoms with Gasteiger partial charge in [-0.15, -0.1) is 24.0 Å². The largest absolute Gasteiger partial charge is 0.383 e. The lowest BCUT2D eigenvalue weighted by Gasteiger charge is -2.21. The Balaban J connectivity index is 0.00000529. The van der Waals surface area contributed by atoms with Crippen molar-refractivity contribution in [3.05, 3.63) is 0 Å². The van der Waals surface area contributed by atoms with Crippen molar-refractivity contribution < 1.29 is 9.53 Å². The van der Waals surface area contributed by atoms with E-state index in [9.17, 15) is 4.79 Å². The summed E-state index contributed by atoms with van der Waals surface area (Å²) >= 11 is 0. The minimum atomic E-state index is -0.0820. The Morgan fingerprint density at radius 3 is 2.54 bits per heavy atom. The normalized spacial score (nSPS) is 15.5. The monoisotopic (exact) mass is 454 g/mol. The highest BCUT2D eigenvalue weighted by Crippen LogP contribution is 2.26. The third kappa shape index (κ3) is 11.9. The predicted octanol–water partition coefficient (Wildman–Crippen LogP) is 2.28. The van der Waals surface area contributed by atoms with E-state index in [0.717, 1.165) is 31.4 Å². The van der Waals surface area contributed by atoms with E-state index in [1.54, 1.807) is 7.11 Å². The van der Waals surface area contributed by atoms with Crippen LogP contribution in [0.4, 0.5) is 0 Å². The van der Waals surface area contributed by atoms with E-state index >= 15 is 0 Å². The second-order valence-corrected chi connectivity index (χ2v) is 6.11. The summed E-state index contributed by atoms with van der Waals surface area (Å²) in [5.41, 5.74) is 0. The number of methoxy groups -OCH3 is 1. The Kier molecular flexibility index (Phi) is 15.6. The molecule has 142 valence electrons. The second kappa shape index (κ2) is 15.9. The van der Waals surface area contributed by atoms with E-state index < -0.39 is 0 Å². The number of ether oxygens (including phenoxy) is 1. The number of hydrogen-bond donors (Lipinski definition) is 3. The molecule has 1 amide bonds. The molecule has 24 heavy (non-hydrogen) atoms. The number of carbonyl (C=O) groups is 1. The second-order valence-electron chi connectivity index (χ2n) is 6.11. The van der Waals surface area contributed by atoms with Crippen molar-refractivity contribution in [2.45, 2.75) is 51.9 Å². The molecule has 0 aromatic carbocycles. The Bertz CT molecular complexity index is 347. The standard InChI is InChI=1S/C17H34N4O2.HI/c1-3-18-17(21-14-16(22)19-12-13-23-2)20-11-7-10-15-8-5-4-6-9-15;/h15H,3-14H2,1-2H3,(H,19,22)(H2,18,20,21);1H. The molecule has 0 unspecified atom stereocenters. The zero-order chi connectivity index (χ0) is 16.8. The van der Waals surface area contributed by atoms with Gasteiger partial charge < -0.3 is 20.7 Å². The van der Waals surface area contributed by atoms with Gasteiger partial charge in [-0.1, -0.05) is 32.1 Å². The highest BCUT2D eigenvalue weighted by Gasteiger charge is 2.12. The maximum atomic E-state index is 11.6. The first-order valence-electron chi connectivity index (χ1n) is 9.04. The lowest BCUT2D eigenvalue weighted by Crippen LogP contribution is -2.39. The van der Waals surface area contributed by atoms with E-state index in [2.05, 4.69) is 20.9 Å². The molecule has 0 aromatic heterocycles. The van der Waals surface area contributed by atoms with Gasteiger partial charge in [0.2, 0.25) is 5.91 Å². The SMILES string of the molecule is CCNC(=NCC(=O)NCCOC)NCCCC1CCCCC1.I. The molecule has 0 aromatic rings. The number of rotatable bonds is 10. The molecule has 3 N–H and O–H groups in total. The van der Waals surface area contributed by atoms with E-state index in [1.165, 1.54) is 38.5 Å². The summed E-state index contributed by atoms with van der Waals surface area (Å²) < 4.78 is 4.90. The Hall–Kier alpha value is -0.570. The van der Waals surface area contributed by atoms with Crippen molar-refractivity contribution >= 4 is 35.8 Å². The molecule has 0 bridgehead atoms. The zero-order valence-corrected chi connectivity index (χ0v) is 17.6. The van der Waals surface area contributed by atoms with E-state index in [0.29, 0.717) is 13.2 Å². The van der Waals surface area contributed by atoms with Crippen LogP contribution in [0.15, 0.2) is 4.99 Å². The van der Waals surface area contributed by atoms with Crippen LogP contribution in [0.3, 0.4) is 0 Å². The average molecular weight is 454 g/mol. The minimum Gasteiger partial charge on any atom is -0.383 e. The Morgan fingerprint density at radius 1 is 1.12 bits per heavy atom. The first-order valence-corrected chi connectivity index (χ1v) is 9.04. The van der Waals surface area contributed by atoms with Gasteiger partial charge in [-0.25, -0.2) is 4.99 Å². The third-order valence-corrected chi connectivity index (χ3v) is 4.16. The number of aliphatic imine (C=N–C) groups is 1. The van der Waals surface area contributed by atoms with Crippen molar-refractivity contribution in [3.63, 3.8) is 0 Å². The van der Waals surface area contributed by atoms with Gasteiger partial charge in [0.1, 0.15) is 6.54 Å². The lowest BCUT2D eigenvalue weighted by atomic mass is 9.86. The molecule has 1 aliphatic carbocycles. The van der Waals surface area contributed by atoms with Crippen molar-refractivity contribution in [3.8, 4) is 0 Å². The highest BCUT2D eigenvalue weighted by atomic mass is 127. The number of nitrogens with one attached hydrogen (secondary N) is 3. The first-order chi connectivity index (χ1) is 11.3. The first kappa shape index (κ1) is 23.4. The number of carbonyl (C=O) groups excluding carboxylic acids is 1. The van der Waals surface area contributed by atoms with Crippen molar-refractivity contribution in [2.24, 2.45) is 10.9 Å². The summed E-state index contributed by atoms with van der Waals surface area (Å²) in [6.45, 7) is 4.91. The number of nitrogens with zero attached hydrogens (tertiary/aromatic N) is 1. The minimum absolute atomic E-state index is 0. The van der Waals surface area contributed by atoms with Gasteiger partial charge in [-0.3, -0.25) is 4.79 Å².